The zero-order chi connectivity index (χ0) is 13.5. The van der Waals surface area contributed by atoms with E-state index in [1.807, 2.05) is 0 Å². The van der Waals surface area contributed by atoms with Gasteiger partial charge in [-0.2, -0.15) is 0 Å². The number of rotatable bonds is 4. The van der Waals surface area contributed by atoms with Crippen molar-refractivity contribution in [3.05, 3.63) is 0 Å². The minimum Gasteiger partial charge on any atom is -0.378 e. The predicted molar refractivity (Wildman–Crippen MR) is 71.3 cm³/mol. The Labute approximate surface area is 109 Å². The molecule has 1 rings (SSSR count). The molecule has 104 valence electrons. The molecule has 3 N–H and O–H groups in total. The van der Waals surface area contributed by atoms with Gasteiger partial charge in [0, 0.05) is 19.6 Å². The first kappa shape index (κ1) is 14.8. The zero-order valence-electron chi connectivity index (χ0n) is 11.5. The van der Waals surface area contributed by atoms with Crippen LogP contribution in [-0.2, 0) is 9.53 Å². The van der Waals surface area contributed by atoms with Crippen LogP contribution in [-0.4, -0.2) is 55.7 Å². The summed E-state index contributed by atoms with van der Waals surface area (Å²) in [5.74, 6) is 0.828. The number of nitrogens with two attached hydrogens (primary N) is 1. The second kappa shape index (κ2) is 7.20. The summed E-state index contributed by atoms with van der Waals surface area (Å²) in [4.78, 5) is 18.0. The molecule has 6 nitrogen and oxygen atoms in total. The molecule has 18 heavy (non-hydrogen) atoms. The molecule has 1 saturated heterocycles. The summed E-state index contributed by atoms with van der Waals surface area (Å²) in [6.07, 6.45) is 0. The van der Waals surface area contributed by atoms with Gasteiger partial charge >= 0.3 is 0 Å². The first-order valence-electron chi connectivity index (χ1n) is 6.43. The van der Waals surface area contributed by atoms with Crippen molar-refractivity contribution in [3.63, 3.8) is 0 Å². The van der Waals surface area contributed by atoms with Gasteiger partial charge < -0.3 is 20.7 Å². The number of carbonyl (C=O) groups excluding carboxylic acids is 1. The van der Waals surface area contributed by atoms with Crippen LogP contribution in [0.3, 0.4) is 0 Å². The van der Waals surface area contributed by atoms with Gasteiger partial charge in [-0.25, -0.2) is 0 Å². The number of hydrogen-bond acceptors (Lipinski definition) is 3. The Morgan fingerprint density at radius 3 is 2.56 bits per heavy atom. The number of ether oxygens (including phenoxy) is 1. The number of amides is 1. The molecule has 1 atom stereocenters. The molecule has 0 saturated carbocycles. The lowest BCUT2D eigenvalue weighted by Crippen LogP contribution is -2.52. The minimum atomic E-state index is -0.348. The van der Waals surface area contributed by atoms with E-state index in [4.69, 9.17) is 10.5 Å². The SMILES string of the molecule is CC(C)CN=C(N)NC(C)C(=O)N1CCOCC1. The highest BCUT2D eigenvalue weighted by Gasteiger charge is 2.22. The van der Waals surface area contributed by atoms with Gasteiger partial charge in [0.2, 0.25) is 5.91 Å². The van der Waals surface area contributed by atoms with Crippen molar-refractivity contribution in [2.45, 2.75) is 26.8 Å². The molecule has 0 aromatic carbocycles. The highest BCUT2D eigenvalue weighted by molar-refractivity contribution is 5.88. The Hall–Kier alpha value is -1.30. The molecule has 1 amide bonds. The number of aliphatic imine (C=N–C) groups is 1. The molecule has 1 aliphatic heterocycles. The lowest BCUT2D eigenvalue weighted by molar-refractivity contribution is -0.136. The summed E-state index contributed by atoms with van der Waals surface area (Å²) in [5.41, 5.74) is 5.73. The third kappa shape index (κ3) is 4.91. The van der Waals surface area contributed by atoms with E-state index in [1.54, 1.807) is 11.8 Å². The number of nitrogens with zero attached hydrogens (tertiary/aromatic N) is 2. The molecule has 1 fully saturated rings. The molecule has 1 heterocycles. The third-order valence-electron chi connectivity index (χ3n) is 2.68. The molecule has 1 unspecified atom stereocenters. The van der Waals surface area contributed by atoms with Gasteiger partial charge in [-0.05, 0) is 12.8 Å². The summed E-state index contributed by atoms with van der Waals surface area (Å²) in [6, 6.07) is -0.348. The number of nitrogens with one attached hydrogen (secondary N) is 1. The second-order valence-electron chi connectivity index (χ2n) is 4.92. The van der Waals surface area contributed by atoms with Crippen molar-refractivity contribution in [1.29, 1.82) is 0 Å². The third-order valence-corrected chi connectivity index (χ3v) is 2.68. The zero-order valence-corrected chi connectivity index (χ0v) is 11.5. The average Bonchev–Trinajstić information content (AvgIpc) is 2.36. The first-order chi connectivity index (χ1) is 8.50. The molecule has 0 bridgehead atoms. The quantitative estimate of drug-likeness (QED) is 0.539. The topological polar surface area (TPSA) is 79.9 Å². The molecule has 0 radical (unpaired) electrons. The molecule has 0 aliphatic carbocycles. The monoisotopic (exact) mass is 256 g/mol. The lowest BCUT2D eigenvalue weighted by Gasteiger charge is -2.29. The molecule has 0 spiro atoms. The molecule has 0 aromatic rings. The van der Waals surface area contributed by atoms with E-state index in [9.17, 15) is 4.79 Å². The van der Waals surface area contributed by atoms with Gasteiger partial charge in [0.05, 0.1) is 13.2 Å². The molecular weight excluding hydrogens is 232 g/mol. The van der Waals surface area contributed by atoms with E-state index in [1.165, 1.54) is 0 Å². The van der Waals surface area contributed by atoms with Crippen molar-refractivity contribution in [2.75, 3.05) is 32.8 Å². The van der Waals surface area contributed by atoms with E-state index in [0.717, 1.165) is 0 Å². The summed E-state index contributed by atoms with van der Waals surface area (Å²) in [7, 11) is 0. The van der Waals surface area contributed by atoms with Crippen molar-refractivity contribution >= 4 is 11.9 Å². The maximum absolute atomic E-state index is 12.1. The smallest absolute Gasteiger partial charge is 0.245 e. The van der Waals surface area contributed by atoms with Crippen molar-refractivity contribution in [1.82, 2.24) is 10.2 Å². The Bertz CT molecular complexity index is 298. The van der Waals surface area contributed by atoms with Crippen LogP contribution in [0.25, 0.3) is 0 Å². The number of carbonyl (C=O) groups is 1. The molecule has 0 aromatic heterocycles. The fourth-order valence-electron chi connectivity index (χ4n) is 1.67. The van der Waals surface area contributed by atoms with E-state index in [0.29, 0.717) is 44.7 Å². The van der Waals surface area contributed by atoms with Crippen molar-refractivity contribution in [3.8, 4) is 0 Å². The second-order valence-corrected chi connectivity index (χ2v) is 4.92. The number of morpholine rings is 1. The van der Waals surface area contributed by atoms with Crippen LogP contribution < -0.4 is 11.1 Å². The fraction of sp³-hybridized carbons (Fsp3) is 0.833. The summed E-state index contributed by atoms with van der Waals surface area (Å²) in [6.45, 7) is 9.11. The average molecular weight is 256 g/mol. The van der Waals surface area contributed by atoms with Crippen LogP contribution in [0.1, 0.15) is 20.8 Å². The van der Waals surface area contributed by atoms with E-state index in [2.05, 4.69) is 24.2 Å². The maximum atomic E-state index is 12.1. The Morgan fingerprint density at radius 2 is 2.00 bits per heavy atom. The number of hydrogen-bond donors (Lipinski definition) is 2. The van der Waals surface area contributed by atoms with Crippen LogP contribution >= 0.6 is 0 Å². The van der Waals surface area contributed by atoms with E-state index < -0.39 is 0 Å². The predicted octanol–water partition coefficient (Wildman–Crippen LogP) is -0.206. The van der Waals surface area contributed by atoms with Crippen LogP contribution in [0.2, 0.25) is 0 Å². The van der Waals surface area contributed by atoms with Crippen LogP contribution in [0.15, 0.2) is 4.99 Å². The molecule has 6 heteroatoms. The van der Waals surface area contributed by atoms with Gasteiger partial charge in [-0.15, -0.1) is 0 Å². The van der Waals surface area contributed by atoms with Crippen molar-refractivity contribution < 1.29 is 9.53 Å². The summed E-state index contributed by atoms with van der Waals surface area (Å²) in [5, 5.41) is 2.93. The highest BCUT2D eigenvalue weighted by Crippen LogP contribution is 2.00. The van der Waals surface area contributed by atoms with Crippen molar-refractivity contribution in [2.24, 2.45) is 16.6 Å². The first-order valence-corrected chi connectivity index (χ1v) is 6.43. The fourth-order valence-corrected chi connectivity index (χ4v) is 1.67. The number of guanidine groups is 1. The van der Waals surface area contributed by atoms with Gasteiger partial charge in [-0.3, -0.25) is 9.79 Å². The Morgan fingerprint density at radius 1 is 1.39 bits per heavy atom. The van der Waals surface area contributed by atoms with E-state index in [-0.39, 0.29) is 11.9 Å². The van der Waals surface area contributed by atoms with Crippen LogP contribution in [0.4, 0.5) is 0 Å². The summed E-state index contributed by atoms with van der Waals surface area (Å²) >= 11 is 0. The van der Waals surface area contributed by atoms with E-state index >= 15 is 0 Å². The van der Waals surface area contributed by atoms with Gasteiger partial charge in [-0.1, -0.05) is 13.8 Å². The largest absolute Gasteiger partial charge is 0.378 e. The Balaban J connectivity index is 2.41. The Kier molecular flexibility index (Phi) is 5.91. The standard InChI is InChI=1S/C12H24N4O2/c1-9(2)8-14-12(13)15-10(3)11(17)16-4-6-18-7-5-16/h9-10H,4-8H2,1-3H3,(H3,13,14,15). The molecule has 1 aliphatic rings. The normalized spacial score (nSPS) is 18.9. The van der Waals surface area contributed by atoms with Gasteiger partial charge in [0.25, 0.3) is 0 Å². The lowest BCUT2D eigenvalue weighted by atomic mass is 10.2. The summed E-state index contributed by atoms with van der Waals surface area (Å²) < 4.78 is 5.21. The van der Waals surface area contributed by atoms with Crippen LogP contribution in [0, 0.1) is 5.92 Å². The maximum Gasteiger partial charge on any atom is 0.245 e. The van der Waals surface area contributed by atoms with Gasteiger partial charge in [0.15, 0.2) is 5.96 Å². The van der Waals surface area contributed by atoms with Gasteiger partial charge in [0.1, 0.15) is 6.04 Å². The van der Waals surface area contributed by atoms with Crippen LogP contribution in [0.5, 0.6) is 0 Å². The molecular formula is C12H24N4O2. The minimum absolute atomic E-state index is 0.0426. The highest BCUT2D eigenvalue weighted by atomic mass is 16.5.